The SMILES string of the molecule is Cn1c(-c2ccncc2C(=O)NO)nc2cc(C(F)(F)F)cnc21. The summed E-state index contributed by atoms with van der Waals surface area (Å²) in [5.41, 5.74) is 1.16. The summed E-state index contributed by atoms with van der Waals surface area (Å²) in [5, 5.41) is 8.80. The Bertz CT molecular complexity index is 936. The minimum Gasteiger partial charge on any atom is -0.312 e. The zero-order valence-corrected chi connectivity index (χ0v) is 12.2. The highest BCUT2D eigenvalue weighted by atomic mass is 19.4. The summed E-state index contributed by atoms with van der Waals surface area (Å²) >= 11 is 0. The Hall–Kier alpha value is -3.01. The number of hydroxylamine groups is 1. The number of carbonyl (C=O) groups excluding carboxylic acids is 1. The van der Waals surface area contributed by atoms with Crippen LogP contribution in [0, 0.1) is 0 Å². The van der Waals surface area contributed by atoms with Gasteiger partial charge >= 0.3 is 6.18 Å². The van der Waals surface area contributed by atoms with E-state index in [4.69, 9.17) is 5.21 Å². The lowest BCUT2D eigenvalue weighted by Crippen LogP contribution is -2.20. The Labute approximate surface area is 132 Å². The highest BCUT2D eigenvalue weighted by molar-refractivity contribution is 5.99. The normalized spacial score (nSPS) is 11.7. The number of nitrogens with one attached hydrogen (secondary N) is 1. The van der Waals surface area contributed by atoms with Crippen molar-refractivity contribution in [2.75, 3.05) is 0 Å². The molecule has 0 atom stereocenters. The van der Waals surface area contributed by atoms with Gasteiger partial charge in [-0.2, -0.15) is 13.2 Å². The van der Waals surface area contributed by atoms with Gasteiger partial charge < -0.3 is 4.57 Å². The molecule has 0 aliphatic carbocycles. The zero-order valence-electron chi connectivity index (χ0n) is 12.2. The van der Waals surface area contributed by atoms with Crippen LogP contribution in [0.3, 0.4) is 0 Å². The molecule has 10 heteroatoms. The van der Waals surface area contributed by atoms with Gasteiger partial charge in [0.15, 0.2) is 5.65 Å². The average Bonchev–Trinajstić information content (AvgIpc) is 2.89. The van der Waals surface area contributed by atoms with Crippen LogP contribution < -0.4 is 5.48 Å². The predicted molar refractivity (Wildman–Crippen MR) is 76.0 cm³/mol. The van der Waals surface area contributed by atoms with Crippen LogP contribution in [0.5, 0.6) is 0 Å². The molecule has 2 N–H and O–H groups in total. The topological polar surface area (TPSA) is 92.9 Å². The van der Waals surface area contributed by atoms with E-state index in [-0.39, 0.29) is 22.6 Å². The number of pyridine rings is 2. The van der Waals surface area contributed by atoms with Crippen molar-refractivity contribution in [1.29, 1.82) is 0 Å². The lowest BCUT2D eigenvalue weighted by molar-refractivity contribution is -0.137. The van der Waals surface area contributed by atoms with Crippen molar-refractivity contribution in [3.63, 3.8) is 0 Å². The summed E-state index contributed by atoms with van der Waals surface area (Å²) < 4.78 is 39.9. The molecule has 0 aliphatic heterocycles. The van der Waals surface area contributed by atoms with E-state index in [1.807, 2.05) is 0 Å². The maximum absolute atomic E-state index is 12.8. The second-order valence-corrected chi connectivity index (χ2v) is 4.92. The highest BCUT2D eigenvalue weighted by Crippen LogP contribution is 2.32. The van der Waals surface area contributed by atoms with Crippen LogP contribution in [-0.4, -0.2) is 30.6 Å². The molecule has 0 aliphatic rings. The van der Waals surface area contributed by atoms with Crippen LogP contribution in [-0.2, 0) is 13.2 Å². The minimum absolute atomic E-state index is 0.0226. The minimum atomic E-state index is -4.53. The molecule has 0 saturated carbocycles. The fourth-order valence-corrected chi connectivity index (χ4v) is 2.30. The van der Waals surface area contributed by atoms with Gasteiger partial charge in [0.05, 0.1) is 11.1 Å². The first-order valence-electron chi connectivity index (χ1n) is 6.61. The van der Waals surface area contributed by atoms with Crippen LogP contribution in [0.1, 0.15) is 15.9 Å². The van der Waals surface area contributed by atoms with Gasteiger partial charge in [0.1, 0.15) is 11.3 Å². The van der Waals surface area contributed by atoms with Crippen molar-refractivity contribution in [3.05, 3.63) is 41.9 Å². The number of alkyl halides is 3. The maximum Gasteiger partial charge on any atom is 0.417 e. The summed E-state index contributed by atoms with van der Waals surface area (Å²) in [6, 6.07) is 2.36. The van der Waals surface area contributed by atoms with Crippen molar-refractivity contribution < 1.29 is 23.2 Å². The van der Waals surface area contributed by atoms with E-state index >= 15 is 0 Å². The predicted octanol–water partition coefficient (Wildman–Crippen LogP) is 2.17. The fraction of sp³-hybridized carbons (Fsp3) is 0.143. The lowest BCUT2D eigenvalue weighted by atomic mass is 10.1. The third kappa shape index (κ3) is 2.56. The average molecular weight is 337 g/mol. The van der Waals surface area contributed by atoms with Crippen LogP contribution in [0.2, 0.25) is 0 Å². The number of imidazole rings is 1. The van der Waals surface area contributed by atoms with Gasteiger partial charge in [-0.3, -0.25) is 15.0 Å². The molecule has 124 valence electrons. The number of aromatic nitrogens is 4. The standard InChI is InChI=1S/C14H10F3N5O2/c1-22-11(8-2-3-18-6-9(8)13(23)21-24)20-10-4-7(14(15,16)17)5-19-12(10)22/h2-6,24H,1H3,(H,21,23). The van der Waals surface area contributed by atoms with Gasteiger partial charge in [-0.15, -0.1) is 0 Å². The van der Waals surface area contributed by atoms with E-state index in [2.05, 4.69) is 15.0 Å². The quantitative estimate of drug-likeness (QED) is 0.552. The molecular formula is C14H10F3N5O2. The Morgan fingerprint density at radius 3 is 2.75 bits per heavy atom. The Kier molecular flexibility index (Phi) is 3.68. The smallest absolute Gasteiger partial charge is 0.312 e. The van der Waals surface area contributed by atoms with Crippen molar-refractivity contribution in [2.24, 2.45) is 7.05 Å². The first-order chi connectivity index (χ1) is 11.3. The molecule has 3 aromatic rings. The molecular weight excluding hydrogens is 327 g/mol. The Morgan fingerprint density at radius 2 is 2.08 bits per heavy atom. The number of amides is 1. The second-order valence-electron chi connectivity index (χ2n) is 4.92. The van der Waals surface area contributed by atoms with Gasteiger partial charge in [-0.25, -0.2) is 15.4 Å². The van der Waals surface area contributed by atoms with Gasteiger partial charge in [-0.1, -0.05) is 0 Å². The number of fused-ring (bicyclic) bond motifs is 1. The molecule has 1 amide bonds. The van der Waals surface area contributed by atoms with Gasteiger partial charge in [-0.05, 0) is 12.1 Å². The van der Waals surface area contributed by atoms with Gasteiger partial charge in [0.25, 0.3) is 5.91 Å². The van der Waals surface area contributed by atoms with Crippen LogP contribution in [0.25, 0.3) is 22.6 Å². The lowest BCUT2D eigenvalue weighted by Gasteiger charge is -2.07. The summed E-state index contributed by atoms with van der Waals surface area (Å²) in [4.78, 5) is 23.5. The van der Waals surface area contributed by atoms with Crippen LogP contribution in [0.15, 0.2) is 30.7 Å². The van der Waals surface area contributed by atoms with E-state index < -0.39 is 17.6 Å². The summed E-state index contributed by atoms with van der Waals surface area (Å²) in [7, 11) is 1.56. The molecule has 0 fully saturated rings. The molecule has 3 heterocycles. The zero-order chi connectivity index (χ0) is 17.5. The van der Waals surface area contributed by atoms with Crippen molar-refractivity contribution in [3.8, 4) is 11.4 Å². The number of rotatable bonds is 2. The third-order valence-corrected chi connectivity index (χ3v) is 3.44. The molecule has 3 aromatic heterocycles. The molecule has 0 bridgehead atoms. The van der Waals surface area contributed by atoms with Crippen molar-refractivity contribution >= 4 is 17.1 Å². The van der Waals surface area contributed by atoms with E-state index in [1.54, 1.807) is 7.05 Å². The monoisotopic (exact) mass is 337 g/mol. The van der Waals surface area contributed by atoms with Gasteiger partial charge in [0, 0.05) is 31.2 Å². The third-order valence-electron chi connectivity index (χ3n) is 3.44. The fourth-order valence-electron chi connectivity index (χ4n) is 2.30. The molecule has 7 nitrogen and oxygen atoms in total. The van der Waals surface area contributed by atoms with E-state index in [0.717, 1.165) is 12.3 Å². The van der Waals surface area contributed by atoms with Crippen LogP contribution in [0.4, 0.5) is 13.2 Å². The number of nitrogens with zero attached hydrogens (tertiary/aromatic N) is 4. The molecule has 24 heavy (non-hydrogen) atoms. The van der Waals surface area contributed by atoms with Gasteiger partial charge in [0.2, 0.25) is 0 Å². The van der Waals surface area contributed by atoms with Crippen molar-refractivity contribution in [2.45, 2.75) is 6.18 Å². The number of aryl methyl sites for hydroxylation is 1. The Balaban J connectivity index is 2.22. The maximum atomic E-state index is 12.8. The summed E-state index contributed by atoms with van der Waals surface area (Å²) in [5.74, 6) is -0.591. The van der Waals surface area contributed by atoms with Crippen LogP contribution >= 0.6 is 0 Å². The number of hydrogen-bond donors (Lipinski definition) is 2. The van der Waals surface area contributed by atoms with E-state index in [9.17, 15) is 18.0 Å². The summed E-state index contributed by atoms with van der Waals surface area (Å²) in [6.45, 7) is 0. The Morgan fingerprint density at radius 1 is 1.33 bits per heavy atom. The molecule has 3 rings (SSSR count). The first-order valence-corrected chi connectivity index (χ1v) is 6.61. The molecule has 0 unspecified atom stereocenters. The molecule has 0 aromatic carbocycles. The molecule has 0 saturated heterocycles. The molecule has 0 radical (unpaired) electrons. The second kappa shape index (κ2) is 5.57. The van der Waals surface area contributed by atoms with E-state index in [1.165, 1.54) is 28.5 Å². The molecule has 0 spiro atoms. The number of halogens is 3. The first kappa shape index (κ1) is 15.9. The van der Waals surface area contributed by atoms with Crippen molar-refractivity contribution in [1.82, 2.24) is 25.0 Å². The van der Waals surface area contributed by atoms with E-state index in [0.29, 0.717) is 5.56 Å². The number of carbonyl (C=O) groups is 1. The largest absolute Gasteiger partial charge is 0.417 e. The number of hydrogen-bond acceptors (Lipinski definition) is 5. The summed E-state index contributed by atoms with van der Waals surface area (Å²) in [6.07, 6.45) is -1.19. The highest BCUT2D eigenvalue weighted by Gasteiger charge is 2.32.